The van der Waals surface area contributed by atoms with Gasteiger partial charge in [0.1, 0.15) is 17.9 Å². The Bertz CT molecular complexity index is 1140. The SMILES string of the molecule is Cc1ccccc1N1CCC(Oc2ccc(NC(=O)[C@H]3CCCCN3C(=O)CNC(N)=O)cc2Cl)CC1. The number of para-hydroxylation sites is 1. The number of urea groups is 1. The summed E-state index contributed by atoms with van der Waals surface area (Å²) in [7, 11) is 0. The number of nitrogens with one attached hydrogen (secondary N) is 2. The third-order valence-corrected chi connectivity index (χ3v) is 7.23. The van der Waals surface area contributed by atoms with Crippen LogP contribution in [0.3, 0.4) is 0 Å². The number of likely N-dealkylation sites (tertiary alicyclic amines) is 1. The molecule has 9 nitrogen and oxygen atoms in total. The molecule has 0 bridgehead atoms. The molecule has 0 saturated carbocycles. The van der Waals surface area contributed by atoms with Crippen molar-refractivity contribution in [3.05, 3.63) is 53.1 Å². The van der Waals surface area contributed by atoms with Crippen LogP contribution in [0.25, 0.3) is 0 Å². The predicted octanol–water partition coefficient (Wildman–Crippen LogP) is 3.68. The quantitative estimate of drug-likeness (QED) is 0.508. The average Bonchev–Trinajstić information content (AvgIpc) is 2.89. The van der Waals surface area contributed by atoms with E-state index >= 15 is 0 Å². The van der Waals surface area contributed by atoms with E-state index in [1.807, 2.05) is 0 Å². The van der Waals surface area contributed by atoms with Crippen LogP contribution >= 0.6 is 11.6 Å². The molecular formula is C27H34ClN5O4. The fraction of sp³-hybridized carbons (Fsp3) is 0.444. The molecule has 1 atom stereocenters. The summed E-state index contributed by atoms with van der Waals surface area (Å²) in [5.41, 5.74) is 8.13. The van der Waals surface area contributed by atoms with E-state index < -0.39 is 12.1 Å². The number of carbonyl (C=O) groups excluding carboxylic acids is 3. The monoisotopic (exact) mass is 527 g/mol. The van der Waals surface area contributed by atoms with Gasteiger partial charge in [-0.2, -0.15) is 0 Å². The zero-order valence-corrected chi connectivity index (χ0v) is 21.8. The third kappa shape index (κ3) is 6.85. The van der Waals surface area contributed by atoms with Gasteiger partial charge in [0.15, 0.2) is 0 Å². The number of piperidine rings is 2. The van der Waals surface area contributed by atoms with Gasteiger partial charge < -0.3 is 30.9 Å². The van der Waals surface area contributed by atoms with Crippen LogP contribution in [0.4, 0.5) is 16.2 Å². The Morgan fingerprint density at radius 3 is 2.51 bits per heavy atom. The topological polar surface area (TPSA) is 117 Å². The van der Waals surface area contributed by atoms with Crippen LogP contribution in [0.15, 0.2) is 42.5 Å². The number of nitrogens with zero attached hydrogens (tertiary/aromatic N) is 2. The minimum Gasteiger partial charge on any atom is -0.489 e. The Balaban J connectivity index is 1.32. The second kappa shape index (κ2) is 12.2. The van der Waals surface area contributed by atoms with Crippen LogP contribution in [0, 0.1) is 6.92 Å². The van der Waals surface area contributed by atoms with Gasteiger partial charge in [0.2, 0.25) is 11.8 Å². The number of halogens is 1. The van der Waals surface area contributed by atoms with Crippen LogP contribution < -0.4 is 26.0 Å². The van der Waals surface area contributed by atoms with Crippen LogP contribution in [-0.2, 0) is 9.59 Å². The van der Waals surface area contributed by atoms with E-state index in [1.54, 1.807) is 18.2 Å². The number of amides is 4. The molecule has 198 valence electrons. The molecule has 2 aliphatic heterocycles. The highest BCUT2D eigenvalue weighted by molar-refractivity contribution is 6.32. The van der Waals surface area contributed by atoms with Gasteiger partial charge in [-0.3, -0.25) is 9.59 Å². The van der Waals surface area contributed by atoms with Gasteiger partial charge in [0, 0.05) is 43.9 Å². The molecule has 37 heavy (non-hydrogen) atoms. The van der Waals surface area contributed by atoms with Crippen molar-refractivity contribution in [1.29, 1.82) is 0 Å². The fourth-order valence-corrected chi connectivity index (χ4v) is 5.20. The maximum absolute atomic E-state index is 13.0. The Morgan fingerprint density at radius 2 is 1.81 bits per heavy atom. The second-order valence-electron chi connectivity index (χ2n) is 9.54. The molecule has 4 N–H and O–H groups in total. The van der Waals surface area contributed by atoms with E-state index in [0.29, 0.717) is 29.4 Å². The summed E-state index contributed by atoms with van der Waals surface area (Å²) < 4.78 is 6.20. The molecule has 0 unspecified atom stereocenters. The van der Waals surface area contributed by atoms with E-state index in [-0.39, 0.29) is 24.5 Å². The summed E-state index contributed by atoms with van der Waals surface area (Å²) in [5.74, 6) is -0.0460. The molecule has 2 aliphatic rings. The molecule has 2 saturated heterocycles. The third-order valence-electron chi connectivity index (χ3n) is 6.93. The summed E-state index contributed by atoms with van der Waals surface area (Å²) in [6.07, 6.45) is 4.02. The van der Waals surface area contributed by atoms with Crippen molar-refractivity contribution in [1.82, 2.24) is 10.2 Å². The van der Waals surface area contributed by atoms with Crippen molar-refractivity contribution in [3.8, 4) is 5.75 Å². The Labute approximate surface area is 222 Å². The summed E-state index contributed by atoms with van der Waals surface area (Å²) in [5, 5.41) is 5.58. The molecule has 2 aromatic carbocycles. The van der Waals surface area contributed by atoms with E-state index in [9.17, 15) is 14.4 Å². The lowest BCUT2D eigenvalue weighted by Crippen LogP contribution is -2.53. The standard InChI is InChI=1S/C27H34ClN5O4/c1-18-6-2-3-7-22(18)32-14-11-20(12-15-32)37-24-10-9-19(16-21(24)28)31-26(35)23-8-4-5-13-33(23)25(34)17-30-27(29)36/h2-3,6-7,9-10,16,20,23H,4-5,8,11-15,17H2,1H3,(H,31,35)(H3,29,30,36)/t23-/m1/s1. The van der Waals surface area contributed by atoms with E-state index in [4.69, 9.17) is 22.1 Å². The van der Waals surface area contributed by atoms with Crippen molar-refractivity contribution in [2.45, 2.75) is 51.2 Å². The number of hydrogen-bond acceptors (Lipinski definition) is 5. The second-order valence-corrected chi connectivity index (χ2v) is 9.95. The van der Waals surface area contributed by atoms with Gasteiger partial charge in [-0.05, 0) is 56.0 Å². The fourth-order valence-electron chi connectivity index (χ4n) is 4.98. The number of aryl methyl sites for hydroxylation is 1. The summed E-state index contributed by atoms with van der Waals surface area (Å²) >= 11 is 6.51. The van der Waals surface area contributed by atoms with Crippen molar-refractivity contribution in [3.63, 3.8) is 0 Å². The van der Waals surface area contributed by atoms with Crippen molar-refractivity contribution in [2.24, 2.45) is 5.73 Å². The van der Waals surface area contributed by atoms with Crippen molar-refractivity contribution < 1.29 is 19.1 Å². The lowest BCUT2D eigenvalue weighted by Gasteiger charge is -2.35. The average molecular weight is 528 g/mol. The Morgan fingerprint density at radius 1 is 1.05 bits per heavy atom. The van der Waals surface area contributed by atoms with Crippen LogP contribution in [0.5, 0.6) is 5.75 Å². The summed E-state index contributed by atoms with van der Waals surface area (Å²) in [4.78, 5) is 40.4. The number of primary amides is 1. The highest BCUT2D eigenvalue weighted by atomic mass is 35.5. The van der Waals surface area contributed by atoms with E-state index in [1.165, 1.54) is 16.2 Å². The molecule has 2 aromatic rings. The van der Waals surface area contributed by atoms with Gasteiger partial charge in [0.25, 0.3) is 0 Å². The predicted molar refractivity (Wildman–Crippen MR) is 144 cm³/mol. The van der Waals surface area contributed by atoms with Crippen molar-refractivity contribution in [2.75, 3.05) is 36.4 Å². The van der Waals surface area contributed by atoms with Gasteiger partial charge in [-0.1, -0.05) is 29.8 Å². The molecule has 4 amide bonds. The Kier molecular flexibility index (Phi) is 8.76. The van der Waals surface area contributed by atoms with Crippen molar-refractivity contribution >= 4 is 40.8 Å². The smallest absolute Gasteiger partial charge is 0.312 e. The lowest BCUT2D eigenvalue weighted by atomic mass is 10.0. The number of carbonyl (C=O) groups is 3. The lowest BCUT2D eigenvalue weighted by molar-refractivity contribution is -0.139. The van der Waals surface area contributed by atoms with Gasteiger partial charge in [-0.15, -0.1) is 0 Å². The number of hydrogen-bond donors (Lipinski definition) is 3. The van der Waals surface area contributed by atoms with E-state index in [2.05, 4.69) is 46.7 Å². The maximum atomic E-state index is 13.0. The molecule has 4 rings (SSSR count). The molecule has 2 fully saturated rings. The minimum atomic E-state index is -0.778. The molecule has 0 spiro atoms. The highest BCUT2D eigenvalue weighted by Gasteiger charge is 2.32. The molecule has 10 heteroatoms. The van der Waals surface area contributed by atoms with Crippen LogP contribution in [-0.4, -0.2) is 61.1 Å². The molecule has 0 aliphatic carbocycles. The summed E-state index contributed by atoms with van der Waals surface area (Å²) in [6, 6.07) is 12.2. The van der Waals surface area contributed by atoms with Gasteiger partial charge in [-0.25, -0.2) is 4.79 Å². The normalized spacial score (nSPS) is 18.3. The largest absolute Gasteiger partial charge is 0.489 e. The molecular weight excluding hydrogens is 494 g/mol. The first kappa shape index (κ1) is 26.6. The number of rotatable bonds is 7. The zero-order chi connectivity index (χ0) is 26.4. The molecule has 2 heterocycles. The highest BCUT2D eigenvalue weighted by Crippen LogP contribution is 2.32. The van der Waals surface area contributed by atoms with Gasteiger partial charge in [0.05, 0.1) is 11.6 Å². The van der Waals surface area contributed by atoms with Gasteiger partial charge >= 0.3 is 6.03 Å². The zero-order valence-electron chi connectivity index (χ0n) is 21.0. The first-order chi connectivity index (χ1) is 17.8. The number of benzene rings is 2. The number of ether oxygens (including phenoxy) is 1. The maximum Gasteiger partial charge on any atom is 0.312 e. The number of nitrogens with two attached hydrogens (primary N) is 1. The number of anilines is 2. The van der Waals surface area contributed by atoms with E-state index in [0.717, 1.165) is 38.8 Å². The molecule has 0 radical (unpaired) electrons. The first-order valence-electron chi connectivity index (χ1n) is 12.7. The first-order valence-corrected chi connectivity index (χ1v) is 13.1. The van der Waals surface area contributed by atoms with Crippen LogP contribution in [0.2, 0.25) is 5.02 Å². The minimum absolute atomic E-state index is 0.0639. The summed E-state index contributed by atoms with van der Waals surface area (Å²) in [6.45, 7) is 4.16. The Hall–Kier alpha value is -3.46. The van der Waals surface area contributed by atoms with Crippen LogP contribution in [0.1, 0.15) is 37.7 Å². The molecule has 0 aromatic heterocycles.